The molecule has 0 saturated heterocycles. The van der Waals surface area contributed by atoms with Crippen molar-refractivity contribution in [3.05, 3.63) is 109 Å². The fourth-order valence-electron chi connectivity index (χ4n) is 3.04. The van der Waals surface area contributed by atoms with Crippen LogP contribution in [-0.2, 0) is 16.2 Å². The zero-order valence-electron chi connectivity index (χ0n) is 19.8. The molecule has 0 aliphatic rings. The molecular weight excluding hydrogens is 474 g/mol. The van der Waals surface area contributed by atoms with E-state index in [2.05, 4.69) is 15.8 Å². The maximum atomic E-state index is 12.0. The van der Waals surface area contributed by atoms with Crippen LogP contribution in [0.25, 0.3) is 0 Å². The van der Waals surface area contributed by atoms with Crippen LogP contribution < -0.4 is 29.8 Å². The van der Waals surface area contributed by atoms with Gasteiger partial charge in [0.1, 0.15) is 29.6 Å². The van der Waals surface area contributed by atoms with E-state index in [9.17, 15) is 9.59 Å². The summed E-state index contributed by atoms with van der Waals surface area (Å²) in [6.45, 7) is -0.131. The number of nitrogens with one attached hydrogen (secondary N) is 2. The molecule has 9 heteroatoms. The molecule has 188 valence electrons. The number of ether oxygens (including phenoxy) is 4. The third-order valence-corrected chi connectivity index (χ3v) is 4.82. The van der Waals surface area contributed by atoms with Crippen LogP contribution in [0.1, 0.15) is 5.56 Å². The summed E-state index contributed by atoms with van der Waals surface area (Å²) in [5, 5.41) is 0. The second kappa shape index (κ2) is 13.1. The normalized spacial score (nSPS) is 10.2. The molecule has 4 rings (SSSR count). The topological polar surface area (TPSA) is 108 Å². The van der Waals surface area contributed by atoms with E-state index in [1.54, 1.807) is 66.9 Å². The largest absolute Gasteiger partial charge is 0.489 e. The van der Waals surface area contributed by atoms with Crippen molar-refractivity contribution in [1.82, 2.24) is 15.8 Å². The fourth-order valence-corrected chi connectivity index (χ4v) is 3.04. The number of hydrogen-bond acceptors (Lipinski definition) is 7. The van der Waals surface area contributed by atoms with E-state index in [-0.39, 0.29) is 13.2 Å². The Kier molecular flexibility index (Phi) is 8.90. The van der Waals surface area contributed by atoms with Gasteiger partial charge in [0.15, 0.2) is 13.2 Å². The van der Waals surface area contributed by atoms with Gasteiger partial charge in [0.05, 0.1) is 0 Å². The molecule has 0 aliphatic carbocycles. The monoisotopic (exact) mass is 499 g/mol. The number of carbonyl (C=O) groups excluding carboxylic acids is 2. The summed E-state index contributed by atoms with van der Waals surface area (Å²) >= 11 is 0. The van der Waals surface area contributed by atoms with Gasteiger partial charge in [0.2, 0.25) is 5.88 Å². The van der Waals surface area contributed by atoms with Crippen LogP contribution in [0.4, 0.5) is 0 Å². The van der Waals surface area contributed by atoms with Crippen molar-refractivity contribution in [2.75, 3.05) is 13.2 Å². The van der Waals surface area contributed by atoms with Crippen LogP contribution in [0.2, 0.25) is 0 Å². The number of rotatable bonds is 11. The first-order chi connectivity index (χ1) is 18.1. The summed E-state index contributed by atoms with van der Waals surface area (Å²) in [6, 6.07) is 28.9. The standard InChI is InChI=1S/C28H25N3O6/c32-26(19-35-23-14-12-22(13-15-23)34-18-21-7-2-1-3-8-21)30-31-27(33)20-36-24-9-6-10-25(17-24)37-28-11-4-5-16-29-28/h1-17H,18-20H2,(H,30,32)(H,31,33). The van der Waals surface area contributed by atoms with E-state index >= 15 is 0 Å². The molecule has 37 heavy (non-hydrogen) atoms. The zero-order chi connectivity index (χ0) is 25.7. The molecule has 0 bridgehead atoms. The first kappa shape index (κ1) is 25.1. The minimum Gasteiger partial charge on any atom is -0.489 e. The predicted molar refractivity (Wildman–Crippen MR) is 135 cm³/mol. The van der Waals surface area contributed by atoms with Crippen LogP contribution in [0.15, 0.2) is 103 Å². The first-order valence-electron chi connectivity index (χ1n) is 11.4. The van der Waals surface area contributed by atoms with Crippen LogP contribution >= 0.6 is 0 Å². The van der Waals surface area contributed by atoms with E-state index in [0.29, 0.717) is 35.5 Å². The minimum atomic E-state index is -0.538. The summed E-state index contributed by atoms with van der Waals surface area (Å²) in [6.07, 6.45) is 1.62. The zero-order valence-corrected chi connectivity index (χ0v) is 19.8. The van der Waals surface area contributed by atoms with Gasteiger partial charge in [-0.1, -0.05) is 42.5 Å². The van der Waals surface area contributed by atoms with Crippen molar-refractivity contribution >= 4 is 11.8 Å². The predicted octanol–water partition coefficient (Wildman–Crippen LogP) is 4.06. The van der Waals surface area contributed by atoms with Gasteiger partial charge in [0.25, 0.3) is 11.8 Å². The molecule has 0 aliphatic heterocycles. The van der Waals surface area contributed by atoms with Gasteiger partial charge in [-0.15, -0.1) is 0 Å². The van der Waals surface area contributed by atoms with E-state index < -0.39 is 11.8 Å². The highest BCUT2D eigenvalue weighted by molar-refractivity contribution is 5.83. The molecular formula is C28H25N3O6. The third kappa shape index (κ3) is 8.59. The second-order valence-corrected chi connectivity index (χ2v) is 7.66. The van der Waals surface area contributed by atoms with E-state index in [1.807, 2.05) is 36.4 Å². The van der Waals surface area contributed by atoms with Gasteiger partial charge in [-0.2, -0.15) is 0 Å². The van der Waals surface area contributed by atoms with Crippen LogP contribution in [0.5, 0.6) is 28.9 Å². The highest BCUT2D eigenvalue weighted by Gasteiger charge is 2.08. The molecule has 4 aromatic rings. The lowest BCUT2D eigenvalue weighted by Gasteiger charge is -2.11. The molecule has 0 atom stereocenters. The first-order valence-corrected chi connectivity index (χ1v) is 11.4. The van der Waals surface area contributed by atoms with Gasteiger partial charge in [-0.25, -0.2) is 4.98 Å². The number of aromatic nitrogens is 1. The molecule has 0 saturated carbocycles. The van der Waals surface area contributed by atoms with Gasteiger partial charge in [-0.3, -0.25) is 20.4 Å². The van der Waals surface area contributed by atoms with Crippen LogP contribution in [0.3, 0.4) is 0 Å². The molecule has 0 spiro atoms. The second-order valence-electron chi connectivity index (χ2n) is 7.66. The quantitative estimate of drug-likeness (QED) is 0.300. The van der Waals surface area contributed by atoms with E-state index in [1.165, 1.54) is 0 Å². The van der Waals surface area contributed by atoms with Crippen molar-refractivity contribution in [3.63, 3.8) is 0 Å². The number of benzene rings is 3. The molecule has 0 radical (unpaired) electrons. The number of pyridine rings is 1. The molecule has 0 fully saturated rings. The van der Waals surface area contributed by atoms with Crippen molar-refractivity contribution in [2.24, 2.45) is 0 Å². The summed E-state index contributed by atoms with van der Waals surface area (Å²) in [5.74, 6) is 1.49. The number of hydrogen-bond donors (Lipinski definition) is 2. The van der Waals surface area contributed by atoms with Crippen molar-refractivity contribution in [3.8, 4) is 28.9 Å². The Morgan fingerprint density at radius 2 is 1.24 bits per heavy atom. The van der Waals surface area contributed by atoms with Crippen molar-refractivity contribution in [1.29, 1.82) is 0 Å². The maximum Gasteiger partial charge on any atom is 0.276 e. The van der Waals surface area contributed by atoms with Gasteiger partial charge >= 0.3 is 0 Å². The number of carbonyl (C=O) groups is 2. The summed E-state index contributed by atoms with van der Waals surface area (Å²) in [4.78, 5) is 28.1. The molecule has 1 heterocycles. The number of amides is 2. The SMILES string of the molecule is O=C(COc1ccc(OCc2ccccc2)cc1)NNC(=O)COc1cccc(Oc2ccccn2)c1. The van der Waals surface area contributed by atoms with Gasteiger partial charge < -0.3 is 18.9 Å². The molecule has 1 aromatic heterocycles. The average molecular weight is 500 g/mol. The Bertz CT molecular complexity index is 1280. The lowest BCUT2D eigenvalue weighted by molar-refractivity contribution is -0.131. The molecule has 2 amide bonds. The fraction of sp³-hybridized carbons (Fsp3) is 0.107. The number of nitrogens with zero attached hydrogens (tertiary/aromatic N) is 1. The molecule has 0 unspecified atom stereocenters. The number of hydrazine groups is 1. The smallest absolute Gasteiger partial charge is 0.276 e. The highest BCUT2D eigenvalue weighted by Crippen LogP contribution is 2.23. The summed E-state index contributed by atoms with van der Waals surface area (Å²) < 4.78 is 22.3. The Labute approximate surface area is 213 Å². The molecule has 2 N–H and O–H groups in total. The molecule has 3 aromatic carbocycles. The maximum absolute atomic E-state index is 12.0. The third-order valence-electron chi connectivity index (χ3n) is 4.82. The Balaban J connectivity index is 1.13. The van der Waals surface area contributed by atoms with Crippen LogP contribution in [-0.4, -0.2) is 30.0 Å². The lowest BCUT2D eigenvalue weighted by atomic mass is 10.2. The van der Waals surface area contributed by atoms with E-state index in [0.717, 1.165) is 5.56 Å². The van der Waals surface area contributed by atoms with E-state index in [4.69, 9.17) is 18.9 Å². The Morgan fingerprint density at radius 1 is 0.622 bits per heavy atom. The van der Waals surface area contributed by atoms with Gasteiger partial charge in [0, 0.05) is 18.3 Å². The summed E-state index contributed by atoms with van der Waals surface area (Å²) in [5.41, 5.74) is 5.63. The van der Waals surface area contributed by atoms with Crippen LogP contribution in [0, 0.1) is 0 Å². The minimum absolute atomic E-state index is 0.280. The summed E-state index contributed by atoms with van der Waals surface area (Å²) in [7, 11) is 0. The van der Waals surface area contributed by atoms with Crippen molar-refractivity contribution < 1.29 is 28.5 Å². The van der Waals surface area contributed by atoms with Gasteiger partial charge in [-0.05, 0) is 48.0 Å². The Morgan fingerprint density at radius 3 is 1.92 bits per heavy atom. The molecule has 9 nitrogen and oxygen atoms in total. The van der Waals surface area contributed by atoms with Crippen molar-refractivity contribution in [2.45, 2.75) is 6.61 Å². The average Bonchev–Trinajstić information content (AvgIpc) is 2.94. The highest BCUT2D eigenvalue weighted by atomic mass is 16.5. The lowest BCUT2D eigenvalue weighted by Crippen LogP contribution is -2.45. The Hall–Kier alpha value is -5.05.